The largest absolute Gasteiger partial charge is 0.394 e. The minimum Gasteiger partial charge on any atom is -0.394 e. The molecule has 0 aromatic heterocycles. The van der Waals surface area contributed by atoms with Crippen LogP contribution in [0.3, 0.4) is 0 Å². The van der Waals surface area contributed by atoms with Gasteiger partial charge in [-0.15, -0.1) is 0 Å². The molecule has 5 heteroatoms. The highest BCUT2D eigenvalue weighted by atomic mass is 32.2. The molecule has 0 aromatic carbocycles. The van der Waals surface area contributed by atoms with E-state index in [4.69, 9.17) is 10.8 Å². The fraction of sp³-hybridized carbons (Fsp3) is 1.00. The molecule has 0 amide bonds. The molecule has 0 aliphatic heterocycles. The molecule has 1 fully saturated rings. The first kappa shape index (κ1) is 7.97. The summed E-state index contributed by atoms with van der Waals surface area (Å²) in [6.07, 6.45) is 1.53. The molecule has 1 rings (SSSR count). The molecule has 1 saturated carbocycles. The topological polar surface area (TPSA) is 80.4 Å². The summed E-state index contributed by atoms with van der Waals surface area (Å²) < 4.78 is 21.6. The second kappa shape index (κ2) is 1.93. The first-order chi connectivity index (χ1) is 4.40. The van der Waals surface area contributed by atoms with Crippen LogP contribution in [0.15, 0.2) is 0 Å². The minimum atomic E-state index is -3.03. The van der Waals surface area contributed by atoms with Gasteiger partial charge in [0.15, 0.2) is 9.84 Å². The molecular weight excluding hydrogens is 154 g/mol. The molecule has 0 spiro atoms. The number of sulfone groups is 1. The third kappa shape index (κ3) is 1.16. The average Bonchev–Trinajstić information content (AvgIpc) is 2.43. The van der Waals surface area contributed by atoms with Crippen LogP contribution in [-0.4, -0.2) is 37.2 Å². The van der Waals surface area contributed by atoms with Gasteiger partial charge in [0.2, 0.25) is 0 Å². The summed E-state index contributed by atoms with van der Waals surface area (Å²) in [6, 6.07) is 0. The molecule has 10 heavy (non-hydrogen) atoms. The summed E-state index contributed by atoms with van der Waals surface area (Å²) >= 11 is 0. The Balaban J connectivity index is 2.71. The minimum absolute atomic E-state index is 0.245. The number of aliphatic hydroxyl groups is 1. The maximum atomic E-state index is 10.8. The third-order valence-corrected chi connectivity index (χ3v) is 3.53. The third-order valence-electron chi connectivity index (χ3n) is 1.86. The highest BCUT2D eigenvalue weighted by Gasteiger charge is 2.56. The Bertz CT molecular complexity index is 235. The van der Waals surface area contributed by atoms with Gasteiger partial charge in [-0.3, -0.25) is 0 Å². The van der Waals surface area contributed by atoms with Crippen molar-refractivity contribution in [3.8, 4) is 0 Å². The Labute approximate surface area is 60.0 Å². The van der Waals surface area contributed by atoms with Crippen LogP contribution < -0.4 is 5.73 Å². The van der Waals surface area contributed by atoms with Crippen LogP contribution >= 0.6 is 0 Å². The number of aliphatic hydroxyl groups excluding tert-OH is 1. The Hall–Kier alpha value is -0.130. The van der Waals surface area contributed by atoms with Crippen molar-refractivity contribution in [3.05, 3.63) is 0 Å². The van der Waals surface area contributed by atoms with E-state index < -0.39 is 20.6 Å². The lowest BCUT2D eigenvalue weighted by Crippen LogP contribution is -2.33. The van der Waals surface area contributed by atoms with Crippen LogP contribution in [0.25, 0.3) is 0 Å². The maximum Gasteiger partial charge on any atom is 0.152 e. The van der Waals surface area contributed by atoms with E-state index in [1.54, 1.807) is 0 Å². The van der Waals surface area contributed by atoms with Gasteiger partial charge in [-0.25, -0.2) is 8.42 Å². The summed E-state index contributed by atoms with van der Waals surface area (Å²) in [5.41, 5.74) is 4.61. The van der Waals surface area contributed by atoms with Crippen LogP contribution in [0, 0.1) is 0 Å². The van der Waals surface area contributed by atoms with Crippen LogP contribution in [0.5, 0.6) is 0 Å². The van der Waals surface area contributed by atoms with E-state index in [9.17, 15) is 8.42 Å². The predicted molar refractivity (Wildman–Crippen MR) is 37.3 cm³/mol. The second-order valence-electron chi connectivity index (χ2n) is 2.91. The maximum absolute atomic E-state index is 10.8. The van der Waals surface area contributed by atoms with Crippen LogP contribution in [0.1, 0.15) is 6.42 Å². The molecule has 3 N–H and O–H groups in total. The zero-order valence-corrected chi connectivity index (χ0v) is 6.56. The predicted octanol–water partition coefficient (Wildman–Crippen LogP) is -1.51. The molecular formula is C5H11NO3S. The Kier molecular flexibility index (Phi) is 1.54. The van der Waals surface area contributed by atoms with Crippen molar-refractivity contribution in [3.63, 3.8) is 0 Å². The van der Waals surface area contributed by atoms with Gasteiger partial charge in [0, 0.05) is 6.26 Å². The van der Waals surface area contributed by atoms with Gasteiger partial charge >= 0.3 is 0 Å². The summed E-state index contributed by atoms with van der Waals surface area (Å²) in [5.74, 6) is 0. The van der Waals surface area contributed by atoms with E-state index in [0.717, 1.165) is 6.26 Å². The summed E-state index contributed by atoms with van der Waals surface area (Å²) in [7, 11) is -3.03. The molecule has 60 valence electrons. The molecule has 4 nitrogen and oxygen atoms in total. The number of nitrogens with two attached hydrogens (primary N) is 1. The molecule has 0 radical (unpaired) electrons. The van der Waals surface area contributed by atoms with Gasteiger partial charge in [-0.05, 0) is 6.42 Å². The fourth-order valence-electron chi connectivity index (χ4n) is 1.03. The Morgan fingerprint density at radius 1 is 1.80 bits per heavy atom. The van der Waals surface area contributed by atoms with Crippen molar-refractivity contribution in [2.45, 2.75) is 17.2 Å². The van der Waals surface area contributed by atoms with Crippen molar-refractivity contribution < 1.29 is 13.5 Å². The van der Waals surface area contributed by atoms with Crippen molar-refractivity contribution in [2.75, 3.05) is 12.9 Å². The Morgan fingerprint density at radius 2 is 2.30 bits per heavy atom. The zero-order chi connectivity index (χ0) is 7.99. The zero-order valence-electron chi connectivity index (χ0n) is 5.74. The summed E-state index contributed by atoms with van der Waals surface area (Å²) in [6.45, 7) is -0.245. The van der Waals surface area contributed by atoms with E-state index in [1.165, 1.54) is 0 Å². The quantitative estimate of drug-likeness (QED) is 0.521. The van der Waals surface area contributed by atoms with E-state index in [2.05, 4.69) is 0 Å². The smallest absolute Gasteiger partial charge is 0.152 e. The molecule has 0 saturated heterocycles. The lowest BCUT2D eigenvalue weighted by molar-refractivity contribution is 0.257. The van der Waals surface area contributed by atoms with Crippen molar-refractivity contribution in [1.29, 1.82) is 0 Å². The molecule has 0 aromatic rings. The van der Waals surface area contributed by atoms with Crippen LogP contribution in [0.2, 0.25) is 0 Å². The first-order valence-corrected chi connectivity index (χ1v) is 4.94. The lowest BCUT2D eigenvalue weighted by Gasteiger charge is -2.03. The highest BCUT2D eigenvalue weighted by Crippen LogP contribution is 2.38. The van der Waals surface area contributed by atoms with E-state index in [-0.39, 0.29) is 6.61 Å². The highest BCUT2D eigenvalue weighted by molar-refractivity contribution is 7.91. The normalized spacial score (nSPS) is 39.7. The number of hydrogen-bond donors (Lipinski definition) is 2. The molecule has 2 atom stereocenters. The molecule has 1 aliphatic carbocycles. The van der Waals surface area contributed by atoms with Gasteiger partial charge in [-0.2, -0.15) is 0 Å². The first-order valence-electron chi connectivity index (χ1n) is 2.99. The van der Waals surface area contributed by atoms with Crippen molar-refractivity contribution in [2.24, 2.45) is 5.73 Å². The van der Waals surface area contributed by atoms with E-state index in [0.29, 0.717) is 6.42 Å². The summed E-state index contributed by atoms with van der Waals surface area (Å²) in [4.78, 5) is 0. The Morgan fingerprint density at radius 3 is 2.40 bits per heavy atom. The molecule has 2 unspecified atom stereocenters. The average molecular weight is 165 g/mol. The van der Waals surface area contributed by atoms with Gasteiger partial charge < -0.3 is 10.8 Å². The molecule has 0 bridgehead atoms. The second-order valence-corrected chi connectivity index (χ2v) is 5.14. The lowest BCUT2D eigenvalue weighted by atomic mass is 10.3. The molecule has 1 aliphatic rings. The number of rotatable bonds is 2. The monoisotopic (exact) mass is 165 g/mol. The van der Waals surface area contributed by atoms with E-state index in [1.807, 2.05) is 0 Å². The van der Waals surface area contributed by atoms with Crippen LogP contribution in [0.4, 0.5) is 0 Å². The van der Waals surface area contributed by atoms with Gasteiger partial charge in [0.1, 0.15) is 0 Å². The van der Waals surface area contributed by atoms with E-state index >= 15 is 0 Å². The SMILES string of the molecule is CS(=O)(=O)C1CC1(N)CO. The van der Waals surface area contributed by atoms with Gasteiger partial charge in [0.25, 0.3) is 0 Å². The van der Waals surface area contributed by atoms with Crippen molar-refractivity contribution >= 4 is 9.84 Å². The van der Waals surface area contributed by atoms with Crippen molar-refractivity contribution in [1.82, 2.24) is 0 Å². The summed E-state index contributed by atoms with van der Waals surface area (Å²) in [5, 5.41) is 8.09. The van der Waals surface area contributed by atoms with Gasteiger partial charge in [0.05, 0.1) is 17.4 Å². The van der Waals surface area contributed by atoms with Gasteiger partial charge in [-0.1, -0.05) is 0 Å². The standard InChI is InChI=1S/C5H11NO3S/c1-10(8,9)4-2-5(4,6)3-7/h4,7H,2-3,6H2,1H3. The fourth-order valence-corrected chi connectivity index (χ4v) is 2.57. The molecule has 0 heterocycles. The van der Waals surface area contributed by atoms with Crippen LogP contribution in [-0.2, 0) is 9.84 Å². The number of hydrogen-bond acceptors (Lipinski definition) is 4.